The van der Waals surface area contributed by atoms with E-state index >= 15 is 0 Å². The fourth-order valence-corrected chi connectivity index (χ4v) is 5.79. The zero-order valence-electron chi connectivity index (χ0n) is 24.3. The van der Waals surface area contributed by atoms with Crippen molar-refractivity contribution in [3.63, 3.8) is 0 Å². The van der Waals surface area contributed by atoms with Crippen molar-refractivity contribution >= 4 is 50.7 Å². The summed E-state index contributed by atoms with van der Waals surface area (Å²) in [6, 6.07) is 29.4. The van der Waals surface area contributed by atoms with Gasteiger partial charge in [0.25, 0.3) is 0 Å². The lowest BCUT2D eigenvalue weighted by atomic mass is 10.0. The van der Waals surface area contributed by atoms with Gasteiger partial charge in [-0.15, -0.1) is 0 Å². The number of amides is 2. The monoisotopic (exact) mass is 653 g/mol. The van der Waals surface area contributed by atoms with Crippen molar-refractivity contribution in [1.29, 1.82) is 0 Å². The number of sulfonamides is 1. The van der Waals surface area contributed by atoms with E-state index < -0.39 is 34.4 Å². The molecule has 0 fully saturated rings. The molecule has 0 bridgehead atoms. The van der Waals surface area contributed by atoms with Crippen LogP contribution in [0, 0.1) is 0 Å². The SMILES string of the molecule is CNC(=O)C(Cc1ccccc1)N(Cc1ccc(Cl)c(Cl)c1)C(=O)CN(c1ccc(OCc2ccccc2)cc1)S(C)(=O)=O. The first-order valence-electron chi connectivity index (χ1n) is 13.8. The van der Waals surface area contributed by atoms with Crippen LogP contribution in [0.4, 0.5) is 5.69 Å². The summed E-state index contributed by atoms with van der Waals surface area (Å²) < 4.78 is 32.8. The molecule has 0 radical (unpaired) electrons. The Morgan fingerprint density at radius 2 is 1.43 bits per heavy atom. The summed E-state index contributed by atoms with van der Waals surface area (Å²) >= 11 is 12.4. The zero-order chi connectivity index (χ0) is 31.7. The molecule has 44 heavy (non-hydrogen) atoms. The molecule has 0 spiro atoms. The van der Waals surface area contributed by atoms with E-state index in [0.717, 1.165) is 21.7 Å². The molecule has 0 saturated carbocycles. The molecule has 4 aromatic rings. The fraction of sp³-hybridized carbons (Fsp3) is 0.212. The minimum absolute atomic E-state index is 0.00942. The van der Waals surface area contributed by atoms with Crippen LogP contribution in [0.2, 0.25) is 10.0 Å². The van der Waals surface area contributed by atoms with E-state index in [-0.39, 0.29) is 18.7 Å². The summed E-state index contributed by atoms with van der Waals surface area (Å²) in [5.74, 6) is -0.426. The van der Waals surface area contributed by atoms with E-state index in [1.54, 1.807) is 42.5 Å². The number of nitrogens with zero attached hydrogens (tertiary/aromatic N) is 2. The standard InChI is InChI=1S/C33H33Cl2N3O5S/c1-36-33(40)31(20-24-9-5-3-6-10-24)37(21-26-13-18-29(34)30(35)19-26)32(39)22-38(44(2,41)42)27-14-16-28(17-15-27)43-23-25-11-7-4-8-12-25/h3-19,31H,20-23H2,1-2H3,(H,36,40). The van der Waals surface area contributed by atoms with Crippen molar-refractivity contribution in [2.24, 2.45) is 0 Å². The second-order valence-corrected chi connectivity index (χ2v) is 12.8. The number of ether oxygens (including phenoxy) is 1. The van der Waals surface area contributed by atoms with Crippen LogP contribution in [0.15, 0.2) is 103 Å². The molecular formula is C33H33Cl2N3O5S. The lowest BCUT2D eigenvalue weighted by molar-refractivity contribution is -0.139. The van der Waals surface area contributed by atoms with Crippen molar-refractivity contribution in [3.05, 3.63) is 130 Å². The Kier molecular flexibility index (Phi) is 11.3. The van der Waals surface area contributed by atoms with Gasteiger partial charge in [-0.3, -0.25) is 13.9 Å². The van der Waals surface area contributed by atoms with Crippen LogP contribution in [-0.4, -0.2) is 51.0 Å². The Bertz CT molecular complexity index is 1670. The fourth-order valence-electron chi connectivity index (χ4n) is 4.62. The number of hydrogen-bond acceptors (Lipinski definition) is 5. The molecule has 0 heterocycles. The first-order chi connectivity index (χ1) is 21.0. The number of nitrogens with one attached hydrogen (secondary N) is 1. The van der Waals surface area contributed by atoms with Crippen molar-refractivity contribution in [2.45, 2.75) is 25.6 Å². The Balaban J connectivity index is 1.63. The highest BCUT2D eigenvalue weighted by atomic mass is 35.5. The highest BCUT2D eigenvalue weighted by Crippen LogP contribution is 2.26. The lowest BCUT2D eigenvalue weighted by Gasteiger charge is -2.33. The normalized spacial score (nSPS) is 11.8. The van der Waals surface area contributed by atoms with Crippen LogP contribution in [0.1, 0.15) is 16.7 Å². The van der Waals surface area contributed by atoms with Gasteiger partial charge in [-0.2, -0.15) is 0 Å². The van der Waals surface area contributed by atoms with Gasteiger partial charge in [-0.25, -0.2) is 8.42 Å². The van der Waals surface area contributed by atoms with Gasteiger partial charge < -0.3 is 15.0 Å². The highest BCUT2D eigenvalue weighted by Gasteiger charge is 2.32. The molecule has 1 N–H and O–H groups in total. The van der Waals surface area contributed by atoms with Gasteiger partial charge in [0.05, 0.1) is 22.0 Å². The molecule has 230 valence electrons. The maximum atomic E-state index is 14.1. The number of rotatable bonds is 13. The topological polar surface area (TPSA) is 96.0 Å². The van der Waals surface area contributed by atoms with Crippen molar-refractivity contribution < 1.29 is 22.7 Å². The predicted molar refractivity (Wildman–Crippen MR) is 174 cm³/mol. The van der Waals surface area contributed by atoms with Crippen LogP contribution < -0.4 is 14.4 Å². The number of carbonyl (C=O) groups excluding carboxylic acids is 2. The van der Waals surface area contributed by atoms with Gasteiger partial charge in [0.2, 0.25) is 21.8 Å². The van der Waals surface area contributed by atoms with Crippen LogP contribution in [-0.2, 0) is 39.2 Å². The average Bonchev–Trinajstić information content (AvgIpc) is 3.02. The molecule has 11 heteroatoms. The van der Waals surface area contributed by atoms with E-state index in [0.29, 0.717) is 28.0 Å². The number of likely N-dealkylation sites (N-methyl/N-ethyl adjacent to an activating group) is 1. The summed E-state index contributed by atoms with van der Waals surface area (Å²) in [6.07, 6.45) is 1.24. The van der Waals surface area contributed by atoms with Gasteiger partial charge in [-0.05, 0) is 53.1 Å². The van der Waals surface area contributed by atoms with Gasteiger partial charge in [-0.1, -0.05) is 89.9 Å². The number of benzene rings is 4. The van der Waals surface area contributed by atoms with Crippen molar-refractivity contribution in [3.8, 4) is 5.75 Å². The van der Waals surface area contributed by atoms with Gasteiger partial charge in [0, 0.05) is 20.0 Å². The number of anilines is 1. The van der Waals surface area contributed by atoms with E-state index in [9.17, 15) is 18.0 Å². The Morgan fingerprint density at radius 3 is 2.00 bits per heavy atom. The number of carbonyl (C=O) groups is 2. The van der Waals surface area contributed by atoms with Crippen LogP contribution in [0.3, 0.4) is 0 Å². The molecule has 4 aromatic carbocycles. The van der Waals surface area contributed by atoms with Gasteiger partial charge in [0.1, 0.15) is 24.9 Å². The van der Waals surface area contributed by atoms with Crippen LogP contribution in [0.25, 0.3) is 0 Å². The van der Waals surface area contributed by atoms with Gasteiger partial charge >= 0.3 is 0 Å². The molecule has 1 unspecified atom stereocenters. The first kappa shape index (κ1) is 32.9. The summed E-state index contributed by atoms with van der Waals surface area (Å²) in [5.41, 5.74) is 2.73. The summed E-state index contributed by atoms with van der Waals surface area (Å²) in [4.78, 5) is 28.7. The lowest BCUT2D eigenvalue weighted by Crippen LogP contribution is -2.52. The molecule has 0 aliphatic heterocycles. The molecular weight excluding hydrogens is 621 g/mol. The van der Waals surface area contributed by atoms with Crippen LogP contribution in [0.5, 0.6) is 5.75 Å². The zero-order valence-corrected chi connectivity index (χ0v) is 26.6. The second-order valence-electron chi connectivity index (χ2n) is 10.1. The summed E-state index contributed by atoms with van der Waals surface area (Å²) in [5, 5.41) is 3.29. The van der Waals surface area contributed by atoms with Gasteiger partial charge in [0.15, 0.2) is 0 Å². The molecule has 2 amide bonds. The highest BCUT2D eigenvalue weighted by molar-refractivity contribution is 7.92. The molecule has 1 atom stereocenters. The quantitative estimate of drug-likeness (QED) is 0.199. The molecule has 4 rings (SSSR count). The van der Waals surface area contributed by atoms with E-state index in [1.807, 2.05) is 60.7 Å². The Hall–Kier alpha value is -4.05. The molecule has 0 aromatic heterocycles. The van der Waals surface area contributed by atoms with Crippen molar-refractivity contribution in [1.82, 2.24) is 10.2 Å². The van der Waals surface area contributed by atoms with E-state index in [1.165, 1.54) is 11.9 Å². The maximum absolute atomic E-state index is 14.1. The predicted octanol–water partition coefficient (Wildman–Crippen LogP) is 5.72. The van der Waals surface area contributed by atoms with E-state index in [4.69, 9.17) is 27.9 Å². The molecule has 8 nitrogen and oxygen atoms in total. The Labute approximate surface area is 268 Å². The second kappa shape index (κ2) is 15.1. The third-order valence-electron chi connectivity index (χ3n) is 6.91. The minimum Gasteiger partial charge on any atom is -0.489 e. The number of hydrogen-bond donors (Lipinski definition) is 1. The molecule has 0 aliphatic carbocycles. The maximum Gasteiger partial charge on any atom is 0.244 e. The van der Waals surface area contributed by atoms with Crippen LogP contribution >= 0.6 is 23.2 Å². The van der Waals surface area contributed by atoms with Crippen molar-refractivity contribution in [2.75, 3.05) is 24.2 Å². The smallest absolute Gasteiger partial charge is 0.244 e. The Morgan fingerprint density at radius 1 is 0.818 bits per heavy atom. The third-order valence-corrected chi connectivity index (χ3v) is 8.79. The molecule has 0 aliphatic rings. The minimum atomic E-state index is -3.90. The molecule has 0 saturated heterocycles. The first-order valence-corrected chi connectivity index (χ1v) is 16.4. The number of halogens is 2. The average molecular weight is 655 g/mol. The summed E-state index contributed by atoms with van der Waals surface area (Å²) in [6.45, 7) is -0.197. The van der Waals surface area contributed by atoms with E-state index in [2.05, 4.69) is 5.32 Å². The summed E-state index contributed by atoms with van der Waals surface area (Å²) in [7, 11) is -2.41. The largest absolute Gasteiger partial charge is 0.489 e. The third kappa shape index (κ3) is 8.98.